The molecule has 1 amide bonds. The van der Waals surface area contributed by atoms with E-state index in [0.717, 1.165) is 109 Å². The maximum Gasteiger partial charge on any atom is 0.472 e. The number of ether oxygens (including phenoxy) is 1. The summed E-state index contributed by atoms with van der Waals surface area (Å²) in [5.41, 5.74) is 0. The quantitative estimate of drug-likeness (QED) is 0.0240. The number of nitrogens with one attached hydrogen (secondary N) is 1. The van der Waals surface area contributed by atoms with Gasteiger partial charge in [0.1, 0.15) is 12.7 Å². The van der Waals surface area contributed by atoms with Crippen LogP contribution in [0.25, 0.3) is 0 Å². The third-order valence-corrected chi connectivity index (χ3v) is 10.0. The second kappa shape index (κ2) is 43.8. The Morgan fingerprint density at radius 1 is 0.552 bits per heavy atom. The molecule has 10 heteroatoms. The summed E-state index contributed by atoms with van der Waals surface area (Å²) in [6.07, 6.45) is 55.1. The molecule has 332 valence electrons. The molecule has 0 aliphatic carbocycles. The number of allylic oxidation sites excluding steroid dienone is 14. The SMILES string of the molecule is CC/C=C\C/C=C\C/C=C\C/C=C\C/C=C\CCCCCCCC(=O)NCCOP(=O)(O)OCC(O)COC(=O)CCCCCCC/C=C\C/C=C\CCCCCC. The van der Waals surface area contributed by atoms with Gasteiger partial charge >= 0.3 is 13.8 Å². The van der Waals surface area contributed by atoms with Gasteiger partial charge in [-0.1, -0.05) is 157 Å². The summed E-state index contributed by atoms with van der Waals surface area (Å²) in [5.74, 6) is -0.555. The molecule has 0 bridgehead atoms. The minimum Gasteiger partial charge on any atom is -0.463 e. The Hall–Kier alpha value is -2.81. The first kappa shape index (κ1) is 55.2. The van der Waals surface area contributed by atoms with Gasteiger partial charge in [-0.15, -0.1) is 0 Å². The van der Waals surface area contributed by atoms with Gasteiger partial charge in [0.25, 0.3) is 0 Å². The Balaban J connectivity index is 3.67. The van der Waals surface area contributed by atoms with Crippen LogP contribution in [-0.4, -0.2) is 54.3 Å². The highest BCUT2D eigenvalue weighted by Gasteiger charge is 2.23. The molecule has 0 aliphatic rings. The molecule has 2 unspecified atom stereocenters. The van der Waals surface area contributed by atoms with Gasteiger partial charge < -0.3 is 20.1 Å². The van der Waals surface area contributed by atoms with E-state index >= 15 is 0 Å². The molecule has 0 saturated carbocycles. The van der Waals surface area contributed by atoms with E-state index in [1.165, 1.54) is 32.1 Å². The van der Waals surface area contributed by atoms with Crippen molar-refractivity contribution in [2.75, 3.05) is 26.4 Å². The average molecular weight is 832 g/mol. The third kappa shape index (κ3) is 44.3. The lowest BCUT2D eigenvalue weighted by Crippen LogP contribution is -2.27. The maximum absolute atomic E-state index is 12.1. The molecule has 0 aromatic heterocycles. The highest BCUT2D eigenvalue weighted by molar-refractivity contribution is 7.47. The number of esters is 1. The fourth-order valence-corrected chi connectivity index (χ4v) is 6.43. The number of hydrogen-bond donors (Lipinski definition) is 3. The van der Waals surface area contributed by atoms with E-state index in [9.17, 15) is 24.2 Å². The summed E-state index contributed by atoms with van der Waals surface area (Å²) in [6, 6.07) is 0. The second-order valence-corrected chi connectivity index (χ2v) is 16.1. The number of rotatable bonds is 41. The van der Waals surface area contributed by atoms with Gasteiger partial charge in [-0.25, -0.2) is 4.57 Å². The fourth-order valence-electron chi connectivity index (χ4n) is 5.67. The van der Waals surface area contributed by atoms with Crippen LogP contribution in [0, 0.1) is 0 Å². The summed E-state index contributed by atoms with van der Waals surface area (Å²) in [4.78, 5) is 33.9. The van der Waals surface area contributed by atoms with Crippen LogP contribution in [0.15, 0.2) is 85.1 Å². The molecular formula is C48H82NO8P. The van der Waals surface area contributed by atoms with Gasteiger partial charge in [-0.3, -0.25) is 18.6 Å². The number of carbonyl (C=O) groups is 2. The first-order valence-corrected chi connectivity index (χ1v) is 24.1. The number of amides is 1. The average Bonchev–Trinajstić information content (AvgIpc) is 3.21. The first-order chi connectivity index (χ1) is 28.3. The van der Waals surface area contributed by atoms with E-state index in [-0.39, 0.29) is 32.1 Å². The van der Waals surface area contributed by atoms with Crippen molar-refractivity contribution in [3.05, 3.63) is 85.1 Å². The van der Waals surface area contributed by atoms with E-state index in [1.54, 1.807) is 0 Å². The minimum atomic E-state index is -4.43. The van der Waals surface area contributed by atoms with E-state index < -0.39 is 26.5 Å². The normalized spacial score (nSPS) is 14.1. The van der Waals surface area contributed by atoms with Crippen LogP contribution in [0.1, 0.15) is 174 Å². The zero-order valence-electron chi connectivity index (χ0n) is 36.5. The van der Waals surface area contributed by atoms with Crippen LogP contribution in [0.4, 0.5) is 0 Å². The van der Waals surface area contributed by atoms with Crippen molar-refractivity contribution >= 4 is 19.7 Å². The summed E-state index contributed by atoms with van der Waals surface area (Å²) >= 11 is 0. The van der Waals surface area contributed by atoms with Gasteiger partial charge in [0, 0.05) is 19.4 Å². The Kier molecular flexibility index (Phi) is 41.6. The van der Waals surface area contributed by atoms with Gasteiger partial charge in [0.2, 0.25) is 5.91 Å². The van der Waals surface area contributed by atoms with Gasteiger partial charge in [0.15, 0.2) is 0 Å². The first-order valence-electron chi connectivity index (χ1n) is 22.6. The number of aliphatic hydroxyl groups excluding tert-OH is 1. The predicted molar refractivity (Wildman–Crippen MR) is 242 cm³/mol. The Bertz CT molecular complexity index is 1220. The summed E-state index contributed by atoms with van der Waals surface area (Å²) in [7, 11) is -4.43. The standard InChI is InChI=1S/C48H82NO8P/c1-3-5-7-9-11-13-15-17-19-21-22-23-24-25-26-28-30-32-34-36-38-40-47(51)49-42-43-56-58(53,54)57-45-46(50)44-55-48(52)41-39-37-35-33-31-29-27-20-18-16-14-12-10-8-6-4-2/h5,7,11,13-14,16-17,19-20,22-23,25-27,46,50H,3-4,6,8-10,12,15,18,21,24,28-45H2,1-2H3,(H,49,51)(H,53,54)/b7-5-,13-11-,16-14-,19-17-,23-22-,26-25-,27-20-. The molecular weight excluding hydrogens is 750 g/mol. The van der Waals surface area contributed by atoms with Crippen LogP contribution < -0.4 is 5.32 Å². The zero-order chi connectivity index (χ0) is 42.5. The molecule has 9 nitrogen and oxygen atoms in total. The van der Waals surface area contributed by atoms with E-state index in [0.29, 0.717) is 12.8 Å². The van der Waals surface area contributed by atoms with Crippen molar-refractivity contribution in [1.82, 2.24) is 5.32 Å². The lowest BCUT2D eigenvalue weighted by atomic mass is 10.1. The topological polar surface area (TPSA) is 131 Å². The molecule has 0 fully saturated rings. The number of aliphatic hydroxyl groups is 1. The molecule has 58 heavy (non-hydrogen) atoms. The number of phosphoric acid groups is 1. The van der Waals surface area contributed by atoms with Crippen LogP contribution in [0.2, 0.25) is 0 Å². The van der Waals surface area contributed by atoms with Crippen molar-refractivity contribution in [2.24, 2.45) is 0 Å². The second-order valence-electron chi connectivity index (χ2n) is 14.6. The number of unbranched alkanes of at least 4 members (excludes halogenated alkanes) is 14. The van der Waals surface area contributed by atoms with Crippen molar-refractivity contribution in [3.63, 3.8) is 0 Å². The molecule has 0 rings (SSSR count). The van der Waals surface area contributed by atoms with Crippen molar-refractivity contribution in [1.29, 1.82) is 0 Å². The van der Waals surface area contributed by atoms with Gasteiger partial charge in [-0.05, 0) is 89.9 Å². The lowest BCUT2D eigenvalue weighted by Gasteiger charge is -2.15. The molecule has 0 spiro atoms. The number of carbonyl (C=O) groups excluding carboxylic acids is 2. The highest BCUT2D eigenvalue weighted by atomic mass is 31.2. The third-order valence-electron chi connectivity index (χ3n) is 9.06. The smallest absolute Gasteiger partial charge is 0.463 e. The molecule has 0 aromatic rings. The highest BCUT2D eigenvalue weighted by Crippen LogP contribution is 2.42. The molecule has 0 radical (unpaired) electrons. The fraction of sp³-hybridized carbons (Fsp3) is 0.667. The van der Waals surface area contributed by atoms with E-state index in [4.69, 9.17) is 13.8 Å². The molecule has 2 atom stereocenters. The van der Waals surface area contributed by atoms with Crippen LogP contribution in [-0.2, 0) is 27.9 Å². The lowest BCUT2D eigenvalue weighted by molar-refractivity contribution is -0.147. The van der Waals surface area contributed by atoms with Gasteiger partial charge in [0.05, 0.1) is 13.2 Å². The molecule has 0 heterocycles. The Morgan fingerprint density at radius 2 is 0.983 bits per heavy atom. The van der Waals surface area contributed by atoms with Crippen molar-refractivity contribution in [3.8, 4) is 0 Å². The monoisotopic (exact) mass is 832 g/mol. The molecule has 3 N–H and O–H groups in total. The maximum atomic E-state index is 12.1. The number of phosphoric ester groups is 1. The van der Waals surface area contributed by atoms with Crippen LogP contribution in [0.5, 0.6) is 0 Å². The Morgan fingerprint density at radius 3 is 1.48 bits per heavy atom. The van der Waals surface area contributed by atoms with E-state index in [2.05, 4.69) is 104 Å². The summed E-state index contributed by atoms with van der Waals surface area (Å²) in [6.45, 7) is 3.37. The summed E-state index contributed by atoms with van der Waals surface area (Å²) < 4.78 is 26.9. The largest absolute Gasteiger partial charge is 0.472 e. The van der Waals surface area contributed by atoms with Crippen molar-refractivity contribution < 1.29 is 37.9 Å². The van der Waals surface area contributed by atoms with Crippen LogP contribution in [0.3, 0.4) is 0 Å². The number of hydrogen-bond acceptors (Lipinski definition) is 7. The summed E-state index contributed by atoms with van der Waals surface area (Å²) in [5, 5.41) is 12.7. The van der Waals surface area contributed by atoms with E-state index in [1.807, 2.05) is 0 Å². The molecule has 0 aromatic carbocycles. The van der Waals surface area contributed by atoms with Crippen molar-refractivity contribution in [2.45, 2.75) is 180 Å². The van der Waals surface area contributed by atoms with Gasteiger partial charge in [-0.2, -0.15) is 0 Å². The molecule has 0 saturated heterocycles. The van der Waals surface area contributed by atoms with Crippen LogP contribution >= 0.6 is 7.82 Å². The Labute approximate surface area is 353 Å². The molecule has 0 aliphatic heterocycles. The minimum absolute atomic E-state index is 0.0639. The predicted octanol–water partition coefficient (Wildman–Crippen LogP) is 12.8. The zero-order valence-corrected chi connectivity index (χ0v) is 37.4.